The fraction of sp³-hybridized carbons (Fsp3) is 1.00. The largest absolute Gasteiger partial charge is 0.472 e. The zero-order valence-electron chi connectivity index (χ0n) is 18.6. The van der Waals surface area contributed by atoms with Gasteiger partial charge in [-0.3, -0.25) is 9.05 Å². The summed E-state index contributed by atoms with van der Waals surface area (Å²) in [5, 5.41) is 9.28. The molecule has 0 fully saturated rings. The molecule has 0 spiro atoms. The van der Waals surface area contributed by atoms with Crippen molar-refractivity contribution in [3.63, 3.8) is 0 Å². The number of unbranched alkanes of at least 4 members (excludes halogenated alkanes) is 13. The van der Waals surface area contributed by atoms with Crippen molar-refractivity contribution in [2.24, 2.45) is 5.73 Å². The highest BCUT2D eigenvalue weighted by Crippen LogP contribution is 2.42. The third-order valence-electron chi connectivity index (χ3n) is 4.85. The van der Waals surface area contributed by atoms with Gasteiger partial charge in [0, 0.05) is 13.2 Å². The first kappa shape index (κ1) is 29.0. The second-order valence-electron chi connectivity index (χ2n) is 7.66. The first-order chi connectivity index (χ1) is 14.1. The van der Waals surface area contributed by atoms with Crippen molar-refractivity contribution in [2.45, 2.75) is 103 Å². The summed E-state index contributed by atoms with van der Waals surface area (Å²) in [4.78, 5) is 9.41. The van der Waals surface area contributed by atoms with Gasteiger partial charge < -0.3 is 20.5 Å². The molecule has 7 nitrogen and oxygen atoms in total. The van der Waals surface area contributed by atoms with Crippen LogP contribution < -0.4 is 5.73 Å². The van der Waals surface area contributed by atoms with Gasteiger partial charge in [0.1, 0.15) is 6.10 Å². The van der Waals surface area contributed by atoms with E-state index < -0.39 is 13.9 Å². The SMILES string of the molecule is CCCCCCCCCCCCCCCCO[C@H](CO)COP(=O)(O)OCCN. The number of phosphoric ester groups is 1. The lowest BCUT2D eigenvalue weighted by molar-refractivity contribution is -0.0224. The molecule has 0 aromatic heterocycles. The predicted molar refractivity (Wildman–Crippen MR) is 118 cm³/mol. The molecule has 0 aromatic rings. The van der Waals surface area contributed by atoms with Crippen molar-refractivity contribution < 1.29 is 28.3 Å². The molecular formula is C21H46NO6P. The highest BCUT2D eigenvalue weighted by atomic mass is 31.2. The van der Waals surface area contributed by atoms with Crippen LogP contribution in [0.1, 0.15) is 96.8 Å². The molecule has 0 aliphatic carbocycles. The number of aliphatic hydroxyl groups is 1. The van der Waals surface area contributed by atoms with Crippen LogP contribution in [0.25, 0.3) is 0 Å². The fourth-order valence-electron chi connectivity index (χ4n) is 3.08. The maximum Gasteiger partial charge on any atom is 0.472 e. The van der Waals surface area contributed by atoms with E-state index in [0.717, 1.165) is 12.8 Å². The normalized spacial score (nSPS) is 14.8. The van der Waals surface area contributed by atoms with Gasteiger partial charge in [0.2, 0.25) is 0 Å². The summed E-state index contributed by atoms with van der Waals surface area (Å²) < 4.78 is 26.5. The summed E-state index contributed by atoms with van der Waals surface area (Å²) in [6, 6.07) is 0. The van der Waals surface area contributed by atoms with Crippen LogP contribution in [-0.2, 0) is 18.3 Å². The van der Waals surface area contributed by atoms with Crippen LogP contribution in [-0.4, -0.2) is 49.1 Å². The summed E-state index contributed by atoms with van der Waals surface area (Å²) in [5.74, 6) is 0. The van der Waals surface area contributed by atoms with Gasteiger partial charge in [0.25, 0.3) is 0 Å². The molecule has 0 aliphatic heterocycles. The van der Waals surface area contributed by atoms with Gasteiger partial charge in [-0.15, -0.1) is 0 Å². The summed E-state index contributed by atoms with van der Waals surface area (Å²) >= 11 is 0. The van der Waals surface area contributed by atoms with E-state index in [1.807, 2.05) is 0 Å². The lowest BCUT2D eigenvalue weighted by Crippen LogP contribution is -2.24. The van der Waals surface area contributed by atoms with Gasteiger partial charge >= 0.3 is 7.82 Å². The van der Waals surface area contributed by atoms with E-state index in [4.69, 9.17) is 15.0 Å². The van der Waals surface area contributed by atoms with Gasteiger partial charge in [-0.1, -0.05) is 90.4 Å². The number of nitrogens with two attached hydrogens (primary N) is 1. The second-order valence-corrected chi connectivity index (χ2v) is 9.11. The molecule has 8 heteroatoms. The van der Waals surface area contributed by atoms with Crippen LogP contribution in [0.3, 0.4) is 0 Å². The van der Waals surface area contributed by atoms with E-state index in [0.29, 0.717) is 6.61 Å². The molecule has 0 radical (unpaired) electrons. The Kier molecular flexibility index (Phi) is 21.2. The molecule has 4 N–H and O–H groups in total. The van der Waals surface area contributed by atoms with Gasteiger partial charge in [-0.25, -0.2) is 4.57 Å². The third kappa shape index (κ3) is 21.0. The predicted octanol–water partition coefficient (Wildman–Crippen LogP) is 4.94. The maximum atomic E-state index is 11.5. The minimum atomic E-state index is -4.12. The Balaban J connectivity index is 3.42. The topological polar surface area (TPSA) is 111 Å². The van der Waals surface area contributed by atoms with Crippen LogP contribution in [0.5, 0.6) is 0 Å². The molecular weight excluding hydrogens is 393 g/mol. The molecule has 2 atom stereocenters. The number of aliphatic hydroxyl groups excluding tert-OH is 1. The Morgan fingerprint density at radius 3 is 1.72 bits per heavy atom. The van der Waals surface area contributed by atoms with Gasteiger partial charge in [0.05, 0.1) is 19.8 Å². The molecule has 176 valence electrons. The summed E-state index contributed by atoms with van der Waals surface area (Å²) in [6.45, 7) is 2.38. The fourth-order valence-corrected chi connectivity index (χ4v) is 3.85. The molecule has 0 saturated heterocycles. The summed E-state index contributed by atoms with van der Waals surface area (Å²) in [7, 11) is -4.12. The van der Waals surface area contributed by atoms with E-state index >= 15 is 0 Å². The van der Waals surface area contributed by atoms with E-state index in [2.05, 4.69) is 11.4 Å². The lowest BCUT2D eigenvalue weighted by Gasteiger charge is -2.17. The molecule has 0 bridgehead atoms. The number of ether oxygens (including phenoxy) is 1. The first-order valence-corrected chi connectivity index (χ1v) is 13.1. The first-order valence-electron chi connectivity index (χ1n) is 11.6. The number of rotatable bonds is 23. The van der Waals surface area contributed by atoms with Crippen molar-refractivity contribution in [1.29, 1.82) is 0 Å². The quantitative estimate of drug-likeness (QED) is 0.153. The molecule has 0 rings (SSSR count). The Bertz CT molecular complexity index is 386. The monoisotopic (exact) mass is 439 g/mol. The van der Waals surface area contributed by atoms with Crippen LogP contribution in [0.2, 0.25) is 0 Å². The zero-order valence-corrected chi connectivity index (χ0v) is 19.5. The van der Waals surface area contributed by atoms with Crippen molar-refractivity contribution in [3.05, 3.63) is 0 Å². The number of hydrogen-bond acceptors (Lipinski definition) is 6. The van der Waals surface area contributed by atoms with Crippen molar-refractivity contribution in [1.82, 2.24) is 0 Å². The third-order valence-corrected chi connectivity index (χ3v) is 5.84. The zero-order chi connectivity index (χ0) is 21.6. The summed E-state index contributed by atoms with van der Waals surface area (Å²) in [6.07, 6.45) is 17.5. The average molecular weight is 440 g/mol. The average Bonchev–Trinajstić information content (AvgIpc) is 2.71. The van der Waals surface area contributed by atoms with Gasteiger partial charge in [-0.2, -0.15) is 0 Å². The Hall–Kier alpha value is -0.0100. The minimum absolute atomic E-state index is 0.0581. The molecule has 0 heterocycles. The van der Waals surface area contributed by atoms with Crippen molar-refractivity contribution in [3.8, 4) is 0 Å². The van der Waals surface area contributed by atoms with Crippen molar-refractivity contribution in [2.75, 3.05) is 33.0 Å². The van der Waals surface area contributed by atoms with E-state index in [1.165, 1.54) is 77.0 Å². The van der Waals surface area contributed by atoms with Gasteiger partial charge in [-0.05, 0) is 6.42 Å². The molecule has 0 saturated carbocycles. The molecule has 0 amide bonds. The Morgan fingerprint density at radius 2 is 1.28 bits per heavy atom. The summed E-state index contributed by atoms with van der Waals surface area (Å²) in [5.41, 5.74) is 5.21. The second kappa shape index (κ2) is 21.2. The molecule has 0 aromatic carbocycles. The van der Waals surface area contributed by atoms with Crippen LogP contribution in [0, 0.1) is 0 Å². The highest BCUT2D eigenvalue weighted by molar-refractivity contribution is 7.47. The standard InChI is InChI=1S/C21H46NO6P/c1-2-3-4-5-6-7-8-9-10-11-12-13-14-15-17-26-21(19-23)20-28-29(24,25)27-18-16-22/h21,23H,2-20,22H2,1H3,(H,24,25)/t21-/m1/s1. The van der Waals surface area contributed by atoms with Gasteiger partial charge in [0.15, 0.2) is 0 Å². The van der Waals surface area contributed by atoms with Crippen molar-refractivity contribution >= 4 is 7.82 Å². The Labute approximate surface area is 178 Å². The van der Waals surface area contributed by atoms with Crippen LogP contribution >= 0.6 is 7.82 Å². The molecule has 0 aliphatic rings. The maximum absolute atomic E-state index is 11.5. The molecule has 1 unspecified atom stereocenters. The number of hydrogen-bond donors (Lipinski definition) is 3. The van der Waals surface area contributed by atoms with Crippen LogP contribution in [0.4, 0.5) is 0 Å². The van der Waals surface area contributed by atoms with E-state index in [9.17, 15) is 14.6 Å². The lowest BCUT2D eigenvalue weighted by atomic mass is 10.0. The smallest absolute Gasteiger partial charge is 0.394 e. The van der Waals surface area contributed by atoms with E-state index in [-0.39, 0.29) is 26.4 Å². The minimum Gasteiger partial charge on any atom is -0.394 e. The highest BCUT2D eigenvalue weighted by Gasteiger charge is 2.23. The van der Waals surface area contributed by atoms with E-state index in [1.54, 1.807) is 0 Å². The Morgan fingerprint density at radius 1 is 0.793 bits per heavy atom. The molecule has 29 heavy (non-hydrogen) atoms. The van der Waals surface area contributed by atoms with Crippen LogP contribution in [0.15, 0.2) is 0 Å². The number of phosphoric acid groups is 1.